The number of nitrogens with zero attached hydrogens (tertiary/aromatic N) is 1. The van der Waals surface area contributed by atoms with Gasteiger partial charge in [0.15, 0.2) is 17.3 Å². The molecular formula is C26H34INO6. The van der Waals surface area contributed by atoms with Crippen LogP contribution in [0.15, 0.2) is 12.1 Å². The first-order valence-electron chi connectivity index (χ1n) is 12.5. The number of likely N-dealkylation sites (tertiary alicyclic amines) is 1. The van der Waals surface area contributed by atoms with Crippen LogP contribution in [0.4, 0.5) is 0 Å². The number of hydrogen-bond acceptors (Lipinski definition) is 6. The third-order valence-corrected chi connectivity index (χ3v) is 9.52. The Hall–Kier alpha value is -1.39. The van der Waals surface area contributed by atoms with E-state index in [0.29, 0.717) is 22.2 Å². The van der Waals surface area contributed by atoms with Crippen molar-refractivity contribution in [3.8, 4) is 11.5 Å². The largest absolute Gasteiger partial charge is 0.504 e. The van der Waals surface area contributed by atoms with E-state index in [1.165, 1.54) is 7.11 Å². The van der Waals surface area contributed by atoms with E-state index in [-0.39, 0.29) is 41.4 Å². The Bertz CT molecular complexity index is 992. The predicted molar refractivity (Wildman–Crippen MR) is 133 cm³/mol. The maximum atomic E-state index is 13.7. The third-order valence-electron chi connectivity index (χ3n) is 8.70. The van der Waals surface area contributed by atoms with Gasteiger partial charge in [-0.2, -0.15) is 0 Å². The van der Waals surface area contributed by atoms with Crippen molar-refractivity contribution in [3.63, 3.8) is 0 Å². The number of carbonyl (C=O) groups is 2. The van der Waals surface area contributed by atoms with E-state index in [2.05, 4.69) is 0 Å². The quantitative estimate of drug-likeness (QED) is 0.404. The molecule has 1 aromatic carbocycles. The summed E-state index contributed by atoms with van der Waals surface area (Å²) in [5.41, 5.74) is 0.793. The number of aromatic hydroxyl groups is 1. The molecule has 2 aliphatic heterocycles. The number of halogens is 1. The Labute approximate surface area is 214 Å². The Balaban J connectivity index is 1.51. The summed E-state index contributed by atoms with van der Waals surface area (Å²) in [6, 6.07) is 3.56. The monoisotopic (exact) mass is 583 g/mol. The van der Waals surface area contributed by atoms with Crippen molar-refractivity contribution in [2.75, 3.05) is 7.11 Å². The number of phenols is 1. The summed E-state index contributed by atoms with van der Waals surface area (Å²) in [6.45, 7) is 4.09. The summed E-state index contributed by atoms with van der Waals surface area (Å²) in [7, 11) is 1.50. The zero-order chi connectivity index (χ0) is 24.4. The van der Waals surface area contributed by atoms with Crippen molar-refractivity contribution in [1.29, 1.82) is 0 Å². The van der Waals surface area contributed by atoms with Gasteiger partial charge in [-0.1, -0.05) is 33.1 Å². The number of phenolic OH excluding ortho intramolecular Hbond substituents is 1. The number of methoxy groups -OCH3 is 1. The molecule has 2 heterocycles. The van der Waals surface area contributed by atoms with Gasteiger partial charge in [0.05, 0.1) is 28.6 Å². The zero-order valence-electron chi connectivity index (χ0n) is 20.0. The fraction of sp³-hybridized carbons (Fsp3) is 0.692. The number of benzene rings is 1. The maximum absolute atomic E-state index is 13.7. The summed E-state index contributed by atoms with van der Waals surface area (Å²) in [5.74, 6) is -2.75. The molecule has 5 rings (SSSR count). The molecule has 186 valence electrons. The highest BCUT2D eigenvalue weighted by atomic mass is 127. The van der Waals surface area contributed by atoms with Crippen LogP contribution in [0.2, 0.25) is 0 Å². The molecule has 34 heavy (non-hydrogen) atoms. The van der Waals surface area contributed by atoms with Crippen molar-refractivity contribution in [3.05, 3.63) is 21.3 Å². The lowest BCUT2D eigenvalue weighted by atomic mass is 9.62. The zero-order valence-corrected chi connectivity index (χ0v) is 22.2. The number of carbonyl (C=O) groups excluding carboxylic acids is 2. The van der Waals surface area contributed by atoms with Gasteiger partial charge in [0.25, 0.3) is 0 Å². The van der Waals surface area contributed by atoms with Gasteiger partial charge in [0, 0.05) is 17.9 Å². The average Bonchev–Trinajstić information content (AvgIpc) is 3.29. The normalized spacial score (nSPS) is 36.2. The van der Waals surface area contributed by atoms with E-state index in [0.717, 1.165) is 37.7 Å². The number of imide groups is 1. The molecule has 6 atom stereocenters. The van der Waals surface area contributed by atoms with Crippen molar-refractivity contribution in [2.45, 2.75) is 76.7 Å². The molecule has 2 amide bonds. The van der Waals surface area contributed by atoms with Crippen molar-refractivity contribution in [1.82, 2.24) is 4.90 Å². The average molecular weight is 583 g/mol. The van der Waals surface area contributed by atoms with Crippen LogP contribution in [0.25, 0.3) is 0 Å². The molecule has 0 bridgehead atoms. The maximum Gasteiger partial charge on any atom is 0.233 e. The van der Waals surface area contributed by atoms with Gasteiger partial charge in [-0.3, -0.25) is 14.5 Å². The molecule has 0 unspecified atom stereocenters. The van der Waals surface area contributed by atoms with E-state index in [1.807, 2.05) is 42.5 Å². The number of hydrogen-bond donors (Lipinski definition) is 2. The Morgan fingerprint density at radius 3 is 2.50 bits per heavy atom. The van der Waals surface area contributed by atoms with Crippen LogP contribution in [-0.4, -0.2) is 45.9 Å². The van der Waals surface area contributed by atoms with Gasteiger partial charge >= 0.3 is 0 Å². The number of amides is 2. The molecule has 2 aliphatic carbocycles. The van der Waals surface area contributed by atoms with E-state index in [1.54, 1.807) is 11.0 Å². The number of fused-ring (bicyclic) bond motifs is 3. The van der Waals surface area contributed by atoms with E-state index < -0.39 is 23.7 Å². The summed E-state index contributed by atoms with van der Waals surface area (Å²) < 4.78 is 12.4. The second kappa shape index (κ2) is 8.92. The molecule has 4 aliphatic rings. The molecule has 0 aromatic heterocycles. The fourth-order valence-corrected chi connectivity index (χ4v) is 7.66. The molecule has 1 aromatic rings. The lowest BCUT2D eigenvalue weighted by Crippen LogP contribution is -2.55. The molecule has 0 spiro atoms. The first-order chi connectivity index (χ1) is 16.2. The number of aliphatic hydroxyl groups is 1. The van der Waals surface area contributed by atoms with Crippen molar-refractivity contribution in [2.24, 2.45) is 29.6 Å². The SMILES string of the molecule is COc1cc([C@@H]2C[C@H]3[C@H]4C(=O)N(C5CCCCC5)C(=O)[C@H]4C[C@H](C(C)C)[C@@]3(O)O2)cc(I)c1O. The van der Waals surface area contributed by atoms with Crippen LogP contribution >= 0.6 is 22.6 Å². The molecular weight excluding hydrogens is 549 g/mol. The second-order valence-electron chi connectivity index (χ2n) is 10.8. The van der Waals surface area contributed by atoms with Gasteiger partial charge < -0.3 is 19.7 Å². The first kappa shape index (κ1) is 24.3. The van der Waals surface area contributed by atoms with Crippen LogP contribution < -0.4 is 4.74 Å². The highest BCUT2D eigenvalue weighted by Crippen LogP contribution is 2.60. The first-order valence-corrected chi connectivity index (χ1v) is 13.6. The molecule has 2 N–H and O–H groups in total. The molecule has 0 radical (unpaired) electrons. The van der Waals surface area contributed by atoms with Gasteiger partial charge in [0.2, 0.25) is 11.8 Å². The molecule has 2 saturated heterocycles. The Kier molecular flexibility index (Phi) is 6.38. The van der Waals surface area contributed by atoms with E-state index >= 15 is 0 Å². The van der Waals surface area contributed by atoms with Crippen molar-refractivity contribution >= 4 is 34.4 Å². The van der Waals surface area contributed by atoms with Crippen LogP contribution in [0, 0.1) is 33.2 Å². The van der Waals surface area contributed by atoms with Gasteiger partial charge in [-0.15, -0.1) is 0 Å². The van der Waals surface area contributed by atoms with E-state index in [9.17, 15) is 19.8 Å². The topological polar surface area (TPSA) is 96.3 Å². The molecule has 8 heteroatoms. The highest BCUT2D eigenvalue weighted by molar-refractivity contribution is 14.1. The van der Waals surface area contributed by atoms with Gasteiger partial charge in [-0.25, -0.2) is 0 Å². The number of ether oxygens (including phenoxy) is 2. The fourth-order valence-electron chi connectivity index (χ4n) is 7.03. The Morgan fingerprint density at radius 1 is 1.15 bits per heavy atom. The highest BCUT2D eigenvalue weighted by Gasteiger charge is 2.67. The van der Waals surface area contributed by atoms with Crippen LogP contribution in [0.1, 0.15) is 70.5 Å². The minimum absolute atomic E-state index is 0.00833. The van der Waals surface area contributed by atoms with Crippen LogP contribution in [-0.2, 0) is 14.3 Å². The Morgan fingerprint density at radius 2 is 1.85 bits per heavy atom. The second-order valence-corrected chi connectivity index (χ2v) is 12.0. The van der Waals surface area contributed by atoms with Crippen LogP contribution in [0.5, 0.6) is 11.5 Å². The summed E-state index contributed by atoms with van der Waals surface area (Å²) in [4.78, 5) is 28.9. The number of rotatable bonds is 4. The third kappa shape index (κ3) is 3.66. The molecule has 7 nitrogen and oxygen atoms in total. The summed E-state index contributed by atoms with van der Waals surface area (Å²) >= 11 is 2.05. The van der Waals surface area contributed by atoms with Crippen LogP contribution in [0.3, 0.4) is 0 Å². The molecule has 2 saturated carbocycles. The minimum atomic E-state index is -1.48. The lowest BCUT2D eigenvalue weighted by Gasteiger charge is -2.46. The lowest BCUT2D eigenvalue weighted by molar-refractivity contribution is -0.276. The minimum Gasteiger partial charge on any atom is -0.504 e. The molecule has 4 fully saturated rings. The van der Waals surface area contributed by atoms with E-state index in [4.69, 9.17) is 9.47 Å². The van der Waals surface area contributed by atoms with Gasteiger partial charge in [-0.05, 0) is 71.9 Å². The van der Waals surface area contributed by atoms with Gasteiger partial charge in [0.1, 0.15) is 0 Å². The summed E-state index contributed by atoms with van der Waals surface area (Å²) in [5, 5.41) is 22.3. The summed E-state index contributed by atoms with van der Waals surface area (Å²) in [6.07, 6.45) is 5.46. The smallest absolute Gasteiger partial charge is 0.233 e. The van der Waals surface area contributed by atoms with Crippen molar-refractivity contribution < 1.29 is 29.3 Å². The predicted octanol–water partition coefficient (Wildman–Crippen LogP) is 4.38. The standard InChI is InChI=1S/C26H34INO6/c1-13(2)17-11-16-22(25(31)28(24(16)30)15-7-5-4-6-8-15)18-12-20(34-26(17,18)32)14-9-19(27)23(29)21(10-14)33-3/h9-10,13,15-18,20,22,29,32H,4-8,11-12H2,1-3H3/t16-,17+,18-,20-,22-,26+/m0/s1.